The van der Waals surface area contributed by atoms with Gasteiger partial charge >= 0.3 is 12.1 Å². The van der Waals surface area contributed by atoms with E-state index in [1.165, 1.54) is 29.0 Å². The number of esters is 1. The Hall–Kier alpha value is -2.25. The molecule has 0 saturated heterocycles. The van der Waals surface area contributed by atoms with Crippen LogP contribution < -0.4 is 0 Å². The Morgan fingerprint density at radius 1 is 1.03 bits per heavy atom. The zero-order chi connectivity index (χ0) is 20.9. The van der Waals surface area contributed by atoms with Crippen LogP contribution in [0.25, 0.3) is 10.4 Å². The third-order valence-electron chi connectivity index (χ3n) is 4.14. The van der Waals surface area contributed by atoms with Crippen molar-refractivity contribution in [3.05, 3.63) is 82.2 Å². The van der Waals surface area contributed by atoms with Crippen molar-refractivity contribution in [2.45, 2.75) is 24.6 Å². The third kappa shape index (κ3) is 5.64. The van der Waals surface area contributed by atoms with E-state index in [0.29, 0.717) is 16.2 Å². The van der Waals surface area contributed by atoms with Gasteiger partial charge in [-0.3, -0.25) is 0 Å². The van der Waals surface area contributed by atoms with Gasteiger partial charge in [0.15, 0.2) is 0 Å². The zero-order valence-corrected chi connectivity index (χ0v) is 17.3. The predicted octanol–water partition coefficient (Wildman–Crippen LogP) is 7.04. The molecule has 0 unspecified atom stereocenters. The predicted molar refractivity (Wildman–Crippen MR) is 112 cm³/mol. The summed E-state index contributed by atoms with van der Waals surface area (Å²) in [6.07, 6.45) is -4.37. The first kappa shape index (κ1) is 21.5. The van der Waals surface area contributed by atoms with Crippen LogP contribution in [0.5, 0.6) is 0 Å². The number of hydrogen-bond donors (Lipinski definition) is 0. The first-order valence-corrected chi connectivity index (χ1v) is 10.9. The lowest BCUT2D eigenvalue weighted by molar-refractivity contribution is -0.137. The maximum absolute atomic E-state index is 12.8. The van der Waals surface area contributed by atoms with Crippen molar-refractivity contribution in [2.24, 2.45) is 0 Å². The fraction of sp³-hybridized carbons (Fsp3) is 0.227. The molecule has 0 aliphatic rings. The van der Waals surface area contributed by atoms with Crippen molar-refractivity contribution in [3.63, 3.8) is 0 Å². The highest BCUT2D eigenvalue weighted by atomic mass is 32.2. The van der Waals surface area contributed by atoms with Crippen LogP contribution in [0.4, 0.5) is 13.2 Å². The number of rotatable bonds is 7. The standard InChI is InChI=1S/C22H19F3O2S2/c1-2-27-21(26)20-17(14-28-13-15-6-4-3-5-7-15)12-19(29-20)16-8-10-18(11-9-16)22(23,24)25/h3-12H,2,13-14H2,1H3. The highest BCUT2D eigenvalue weighted by Gasteiger charge is 2.30. The van der Waals surface area contributed by atoms with E-state index in [-0.39, 0.29) is 6.61 Å². The van der Waals surface area contributed by atoms with Gasteiger partial charge < -0.3 is 4.74 Å². The molecule has 3 aromatic rings. The SMILES string of the molecule is CCOC(=O)c1sc(-c2ccc(C(F)(F)F)cc2)cc1CSCc1ccccc1. The molecule has 29 heavy (non-hydrogen) atoms. The fourth-order valence-electron chi connectivity index (χ4n) is 2.72. The zero-order valence-electron chi connectivity index (χ0n) is 15.7. The lowest BCUT2D eigenvalue weighted by atomic mass is 10.1. The van der Waals surface area contributed by atoms with Gasteiger partial charge in [-0.15, -0.1) is 11.3 Å². The molecular formula is C22H19F3O2S2. The number of carbonyl (C=O) groups excluding carboxylic acids is 1. The van der Waals surface area contributed by atoms with E-state index in [2.05, 4.69) is 0 Å². The fourth-order valence-corrected chi connectivity index (χ4v) is 4.87. The third-order valence-corrected chi connectivity index (χ3v) is 6.39. The molecule has 2 nitrogen and oxygen atoms in total. The van der Waals surface area contributed by atoms with E-state index < -0.39 is 17.7 Å². The average molecular weight is 437 g/mol. The molecule has 2 aromatic carbocycles. The number of benzene rings is 2. The first-order chi connectivity index (χ1) is 13.9. The highest BCUT2D eigenvalue weighted by molar-refractivity contribution is 7.97. The minimum atomic E-state index is -4.37. The second kappa shape index (κ2) is 9.50. The molecule has 0 aliphatic heterocycles. The molecule has 0 radical (unpaired) electrons. The maximum Gasteiger partial charge on any atom is 0.416 e. The molecule has 0 N–H and O–H groups in total. The largest absolute Gasteiger partial charge is 0.462 e. The monoisotopic (exact) mass is 436 g/mol. The number of thiophene rings is 1. The molecule has 0 fully saturated rings. The first-order valence-electron chi connectivity index (χ1n) is 8.97. The normalized spacial score (nSPS) is 11.4. The van der Waals surface area contributed by atoms with Gasteiger partial charge in [0.2, 0.25) is 0 Å². The van der Waals surface area contributed by atoms with Gasteiger partial charge in [0, 0.05) is 16.4 Å². The van der Waals surface area contributed by atoms with Gasteiger partial charge in [0.05, 0.1) is 12.2 Å². The number of thioether (sulfide) groups is 1. The molecule has 3 rings (SSSR count). The van der Waals surface area contributed by atoms with E-state index >= 15 is 0 Å². The van der Waals surface area contributed by atoms with Crippen molar-refractivity contribution in [2.75, 3.05) is 6.61 Å². The van der Waals surface area contributed by atoms with Gasteiger partial charge in [-0.1, -0.05) is 42.5 Å². The second-order valence-corrected chi connectivity index (χ2v) is 8.28. The highest BCUT2D eigenvalue weighted by Crippen LogP contribution is 2.36. The Kier molecular flexibility index (Phi) is 7.03. The molecule has 0 aliphatic carbocycles. The molecule has 0 spiro atoms. The van der Waals surface area contributed by atoms with E-state index in [9.17, 15) is 18.0 Å². The average Bonchev–Trinajstić information content (AvgIpc) is 3.13. The maximum atomic E-state index is 12.8. The number of ether oxygens (including phenoxy) is 1. The van der Waals surface area contributed by atoms with Crippen molar-refractivity contribution in [1.29, 1.82) is 0 Å². The Bertz CT molecular complexity index is 948. The van der Waals surface area contributed by atoms with E-state index in [4.69, 9.17) is 4.74 Å². The summed E-state index contributed by atoms with van der Waals surface area (Å²) >= 11 is 2.92. The molecule has 1 heterocycles. The molecule has 152 valence electrons. The minimum absolute atomic E-state index is 0.267. The summed E-state index contributed by atoms with van der Waals surface area (Å²) in [5.74, 6) is 1.01. The lowest BCUT2D eigenvalue weighted by Gasteiger charge is -2.06. The van der Waals surface area contributed by atoms with Crippen molar-refractivity contribution in [1.82, 2.24) is 0 Å². The Balaban J connectivity index is 1.81. The summed E-state index contributed by atoms with van der Waals surface area (Å²) in [5, 5.41) is 0. The molecule has 0 atom stereocenters. The van der Waals surface area contributed by atoms with E-state index in [1.807, 2.05) is 36.4 Å². The molecule has 0 bridgehead atoms. The summed E-state index contributed by atoms with van der Waals surface area (Å²) < 4.78 is 43.6. The summed E-state index contributed by atoms with van der Waals surface area (Å²) in [6, 6.07) is 16.9. The van der Waals surface area contributed by atoms with Crippen LogP contribution >= 0.6 is 23.1 Å². The van der Waals surface area contributed by atoms with E-state index in [1.54, 1.807) is 18.7 Å². The number of halogens is 3. The van der Waals surface area contributed by atoms with Crippen molar-refractivity contribution < 1.29 is 22.7 Å². The second-order valence-electron chi connectivity index (χ2n) is 6.24. The number of alkyl halides is 3. The van der Waals surface area contributed by atoms with Crippen LogP contribution in [-0.2, 0) is 22.4 Å². The number of carbonyl (C=O) groups is 1. The van der Waals surface area contributed by atoms with Crippen LogP contribution in [0.3, 0.4) is 0 Å². The van der Waals surface area contributed by atoms with Crippen LogP contribution in [0.2, 0.25) is 0 Å². The molecule has 1 aromatic heterocycles. The lowest BCUT2D eigenvalue weighted by Crippen LogP contribution is -2.04. The topological polar surface area (TPSA) is 26.3 Å². The quantitative estimate of drug-likeness (QED) is 0.372. The summed E-state index contributed by atoms with van der Waals surface area (Å²) in [4.78, 5) is 13.6. The van der Waals surface area contributed by atoms with Crippen molar-refractivity contribution in [3.8, 4) is 10.4 Å². The van der Waals surface area contributed by atoms with Gasteiger partial charge in [-0.05, 0) is 41.8 Å². The smallest absolute Gasteiger partial charge is 0.416 e. The Morgan fingerprint density at radius 3 is 2.34 bits per heavy atom. The van der Waals surface area contributed by atoms with Crippen molar-refractivity contribution >= 4 is 29.1 Å². The number of hydrogen-bond acceptors (Lipinski definition) is 4. The van der Waals surface area contributed by atoms with E-state index in [0.717, 1.165) is 28.3 Å². The summed E-state index contributed by atoms with van der Waals surface area (Å²) in [6.45, 7) is 2.01. The van der Waals surface area contributed by atoms with Crippen LogP contribution in [0, 0.1) is 0 Å². The Labute approximate surface area is 175 Å². The molecule has 0 amide bonds. The van der Waals surface area contributed by atoms with Gasteiger partial charge in [0.1, 0.15) is 4.88 Å². The van der Waals surface area contributed by atoms with Gasteiger partial charge in [-0.2, -0.15) is 24.9 Å². The molecule has 7 heteroatoms. The van der Waals surface area contributed by atoms with Crippen LogP contribution in [0.15, 0.2) is 60.7 Å². The van der Waals surface area contributed by atoms with Gasteiger partial charge in [0.25, 0.3) is 0 Å². The van der Waals surface area contributed by atoms with Crippen LogP contribution in [0.1, 0.15) is 33.3 Å². The van der Waals surface area contributed by atoms with Gasteiger partial charge in [-0.25, -0.2) is 4.79 Å². The summed E-state index contributed by atoms with van der Waals surface area (Å²) in [5.41, 5.74) is 1.98. The molecule has 0 saturated carbocycles. The Morgan fingerprint density at radius 2 is 1.72 bits per heavy atom. The summed E-state index contributed by atoms with van der Waals surface area (Å²) in [7, 11) is 0. The molecular weight excluding hydrogens is 417 g/mol. The van der Waals surface area contributed by atoms with Crippen LogP contribution in [-0.4, -0.2) is 12.6 Å². The minimum Gasteiger partial charge on any atom is -0.462 e.